The minimum absolute atomic E-state index is 0.0210. The molecule has 1 aromatic rings. The summed E-state index contributed by atoms with van der Waals surface area (Å²) in [7, 11) is -3.59. The number of likely N-dealkylation sites (N-methyl/N-ethyl adjacent to an activating group) is 1. The van der Waals surface area contributed by atoms with Gasteiger partial charge < -0.3 is 5.73 Å². The van der Waals surface area contributed by atoms with Crippen molar-refractivity contribution in [2.24, 2.45) is 0 Å². The van der Waals surface area contributed by atoms with Gasteiger partial charge in [-0.1, -0.05) is 19.1 Å². The number of sulfonamides is 1. The van der Waals surface area contributed by atoms with Crippen molar-refractivity contribution in [2.75, 3.05) is 18.8 Å². The van der Waals surface area contributed by atoms with Gasteiger partial charge in [-0.05, 0) is 19.1 Å². The third-order valence-corrected chi connectivity index (χ3v) is 4.18. The first-order chi connectivity index (χ1) is 7.89. The predicted octanol–water partition coefficient (Wildman–Crippen LogP) is 1.25. The highest BCUT2D eigenvalue weighted by atomic mass is 32.2. The van der Waals surface area contributed by atoms with Crippen LogP contribution in [-0.4, -0.2) is 30.8 Å². The van der Waals surface area contributed by atoms with Crippen molar-refractivity contribution >= 4 is 15.8 Å². The molecule has 0 amide bonds. The first-order valence-electron chi connectivity index (χ1n) is 5.24. The van der Waals surface area contributed by atoms with E-state index in [0.29, 0.717) is 6.54 Å². The van der Waals surface area contributed by atoms with Crippen LogP contribution in [0, 0.1) is 0 Å². The van der Waals surface area contributed by atoms with E-state index in [1.165, 1.54) is 16.6 Å². The Kier molecular flexibility index (Phi) is 4.25. The van der Waals surface area contributed by atoms with Crippen molar-refractivity contribution < 1.29 is 8.42 Å². The van der Waals surface area contributed by atoms with Crippen LogP contribution < -0.4 is 5.73 Å². The van der Waals surface area contributed by atoms with Gasteiger partial charge in [0.15, 0.2) is 0 Å². The molecule has 5 nitrogen and oxygen atoms in total. The highest BCUT2D eigenvalue weighted by Crippen LogP contribution is 2.20. The van der Waals surface area contributed by atoms with E-state index < -0.39 is 10.0 Å². The van der Waals surface area contributed by atoms with Crippen molar-refractivity contribution in [3.63, 3.8) is 0 Å². The molecule has 0 atom stereocenters. The summed E-state index contributed by atoms with van der Waals surface area (Å²) in [6, 6.07) is 3.01. The van der Waals surface area contributed by atoms with Crippen molar-refractivity contribution in [1.29, 1.82) is 0 Å². The van der Waals surface area contributed by atoms with E-state index >= 15 is 0 Å². The normalized spacial score (nSPS) is 11.7. The summed E-state index contributed by atoms with van der Waals surface area (Å²) < 4.78 is 25.9. The fourth-order valence-electron chi connectivity index (χ4n) is 1.43. The molecular weight excluding hydrogens is 238 g/mol. The first kappa shape index (κ1) is 13.7. The third kappa shape index (κ3) is 3.04. The van der Waals surface area contributed by atoms with Crippen LogP contribution in [0.1, 0.15) is 13.8 Å². The molecule has 94 valence electrons. The molecule has 1 aromatic heterocycles. The van der Waals surface area contributed by atoms with Crippen LogP contribution in [-0.2, 0) is 10.0 Å². The third-order valence-electron chi connectivity index (χ3n) is 2.22. The van der Waals surface area contributed by atoms with E-state index in [4.69, 9.17) is 5.73 Å². The zero-order valence-electron chi connectivity index (χ0n) is 10.0. The summed E-state index contributed by atoms with van der Waals surface area (Å²) in [5.74, 6) is 0.0210. The van der Waals surface area contributed by atoms with E-state index in [1.54, 1.807) is 19.9 Å². The Hall–Kier alpha value is -1.40. The van der Waals surface area contributed by atoms with E-state index in [0.717, 1.165) is 5.57 Å². The minimum atomic E-state index is -3.59. The molecule has 0 spiro atoms. The van der Waals surface area contributed by atoms with Crippen LogP contribution >= 0.6 is 0 Å². The van der Waals surface area contributed by atoms with Gasteiger partial charge in [0, 0.05) is 19.3 Å². The highest BCUT2D eigenvalue weighted by molar-refractivity contribution is 7.89. The Morgan fingerprint density at radius 2 is 2.24 bits per heavy atom. The number of aromatic nitrogens is 1. The number of pyridine rings is 1. The van der Waals surface area contributed by atoms with Crippen LogP contribution in [0.25, 0.3) is 0 Å². The highest BCUT2D eigenvalue weighted by Gasteiger charge is 2.25. The molecule has 0 aliphatic carbocycles. The quantitative estimate of drug-likeness (QED) is 0.803. The molecule has 17 heavy (non-hydrogen) atoms. The number of nitrogen functional groups attached to an aromatic ring is 1. The summed E-state index contributed by atoms with van der Waals surface area (Å²) in [6.45, 7) is 7.92. The molecule has 0 aromatic carbocycles. The zero-order chi connectivity index (χ0) is 13.1. The SMILES string of the molecule is C=C(C)CN(CC)S(=O)(=O)c1cccnc1N. The molecule has 1 heterocycles. The maximum atomic E-state index is 12.3. The van der Waals surface area contributed by atoms with E-state index in [9.17, 15) is 8.42 Å². The van der Waals surface area contributed by atoms with Crippen molar-refractivity contribution in [3.05, 3.63) is 30.5 Å². The van der Waals surface area contributed by atoms with E-state index in [1.807, 2.05) is 0 Å². The van der Waals surface area contributed by atoms with Crippen molar-refractivity contribution in [3.8, 4) is 0 Å². The Morgan fingerprint density at radius 3 is 2.71 bits per heavy atom. The molecule has 0 fully saturated rings. The number of nitrogens with zero attached hydrogens (tertiary/aromatic N) is 2. The summed E-state index contributed by atoms with van der Waals surface area (Å²) in [6.07, 6.45) is 1.46. The molecule has 0 aliphatic heterocycles. The lowest BCUT2D eigenvalue weighted by atomic mass is 10.3. The maximum absolute atomic E-state index is 12.3. The molecule has 0 radical (unpaired) electrons. The smallest absolute Gasteiger partial charge is 0.247 e. The van der Waals surface area contributed by atoms with E-state index in [-0.39, 0.29) is 17.3 Å². The van der Waals surface area contributed by atoms with Crippen LogP contribution in [0.15, 0.2) is 35.4 Å². The van der Waals surface area contributed by atoms with Gasteiger partial charge in [0.05, 0.1) is 0 Å². The average molecular weight is 255 g/mol. The number of rotatable bonds is 5. The summed E-state index contributed by atoms with van der Waals surface area (Å²) in [5, 5.41) is 0. The van der Waals surface area contributed by atoms with Crippen LogP contribution in [0.4, 0.5) is 5.82 Å². The molecule has 0 unspecified atom stereocenters. The lowest BCUT2D eigenvalue weighted by Gasteiger charge is -2.20. The van der Waals surface area contributed by atoms with Crippen molar-refractivity contribution in [2.45, 2.75) is 18.7 Å². The van der Waals surface area contributed by atoms with Crippen LogP contribution in [0.5, 0.6) is 0 Å². The molecule has 0 saturated heterocycles. The summed E-state index contributed by atoms with van der Waals surface area (Å²) >= 11 is 0. The molecule has 0 aliphatic rings. The molecule has 6 heteroatoms. The zero-order valence-corrected chi connectivity index (χ0v) is 10.9. The van der Waals surface area contributed by atoms with Gasteiger partial charge in [0.1, 0.15) is 10.7 Å². The number of hydrogen-bond acceptors (Lipinski definition) is 4. The topological polar surface area (TPSA) is 76.3 Å². The van der Waals surface area contributed by atoms with Gasteiger partial charge in [-0.15, -0.1) is 0 Å². The Morgan fingerprint density at radius 1 is 1.59 bits per heavy atom. The standard InChI is InChI=1S/C11H17N3O2S/c1-4-14(8-9(2)3)17(15,16)10-6-5-7-13-11(10)12/h5-7H,2,4,8H2,1,3H3,(H2,12,13). The van der Waals surface area contributed by atoms with Gasteiger partial charge in [-0.25, -0.2) is 13.4 Å². The fraction of sp³-hybridized carbons (Fsp3) is 0.364. The minimum Gasteiger partial charge on any atom is -0.383 e. The largest absolute Gasteiger partial charge is 0.383 e. The lowest BCUT2D eigenvalue weighted by Crippen LogP contribution is -2.32. The second kappa shape index (κ2) is 5.29. The first-order valence-corrected chi connectivity index (χ1v) is 6.68. The van der Waals surface area contributed by atoms with Gasteiger partial charge in [0.2, 0.25) is 10.0 Å². The Bertz CT molecular complexity index is 511. The van der Waals surface area contributed by atoms with Crippen LogP contribution in [0.3, 0.4) is 0 Å². The van der Waals surface area contributed by atoms with Crippen LogP contribution in [0.2, 0.25) is 0 Å². The van der Waals surface area contributed by atoms with Crippen molar-refractivity contribution in [1.82, 2.24) is 9.29 Å². The second-order valence-electron chi connectivity index (χ2n) is 3.78. The molecular formula is C11H17N3O2S. The molecule has 1 rings (SSSR count). The summed E-state index contributed by atoms with van der Waals surface area (Å²) in [4.78, 5) is 3.84. The molecule has 0 saturated carbocycles. The number of nitrogens with two attached hydrogens (primary N) is 1. The van der Waals surface area contributed by atoms with Gasteiger partial charge in [0.25, 0.3) is 0 Å². The number of hydrogen-bond donors (Lipinski definition) is 1. The monoisotopic (exact) mass is 255 g/mol. The molecule has 0 bridgehead atoms. The number of anilines is 1. The molecule has 2 N–H and O–H groups in total. The maximum Gasteiger partial charge on any atom is 0.247 e. The fourth-order valence-corrected chi connectivity index (χ4v) is 3.00. The Balaban J connectivity index is 3.18. The summed E-state index contributed by atoms with van der Waals surface area (Å²) in [5.41, 5.74) is 6.37. The van der Waals surface area contributed by atoms with Gasteiger partial charge in [-0.3, -0.25) is 0 Å². The predicted molar refractivity (Wildman–Crippen MR) is 67.9 cm³/mol. The van der Waals surface area contributed by atoms with Gasteiger partial charge in [-0.2, -0.15) is 4.31 Å². The lowest BCUT2D eigenvalue weighted by molar-refractivity contribution is 0.453. The van der Waals surface area contributed by atoms with E-state index in [2.05, 4.69) is 11.6 Å². The second-order valence-corrected chi connectivity index (χ2v) is 5.68. The van der Waals surface area contributed by atoms with Gasteiger partial charge >= 0.3 is 0 Å². The average Bonchev–Trinajstić information content (AvgIpc) is 2.25. The Labute approximate surface area is 102 Å².